The van der Waals surface area contributed by atoms with Crippen LogP contribution in [0.1, 0.15) is 19.4 Å². The minimum Gasteiger partial charge on any atom is -0.491 e. The van der Waals surface area contributed by atoms with Crippen LogP contribution >= 0.6 is 0 Å². The van der Waals surface area contributed by atoms with Crippen LogP contribution in [0.5, 0.6) is 17.2 Å². The van der Waals surface area contributed by atoms with Crippen molar-refractivity contribution >= 4 is 5.69 Å². The summed E-state index contributed by atoms with van der Waals surface area (Å²) < 4.78 is 11.5. The molecule has 3 nitrogen and oxygen atoms in total. The van der Waals surface area contributed by atoms with Crippen LogP contribution in [0.15, 0.2) is 42.5 Å². The molecule has 2 aromatic rings. The van der Waals surface area contributed by atoms with Gasteiger partial charge in [-0.05, 0) is 32.4 Å². The van der Waals surface area contributed by atoms with Gasteiger partial charge in [-0.25, -0.2) is 0 Å². The van der Waals surface area contributed by atoms with Crippen LogP contribution in [0.2, 0.25) is 0 Å². The number of rotatable bonds is 4. The number of hydrogen-bond donors (Lipinski definition) is 1. The Morgan fingerprint density at radius 1 is 1.00 bits per heavy atom. The first kappa shape index (κ1) is 13.3. The van der Waals surface area contributed by atoms with Gasteiger partial charge in [0.05, 0.1) is 6.10 Å². The molecule has 0 heterocycles. The van der Waals surface area contributed by atoms with Crippen molar-refractivity contribution in [2.24, 2.45) is 0 Å². The Kier molecular flexibility index (Phi) is 3.95. The number of nitrogens with two attached hydrogens (primary N) is 1. The van der Waals surface area contributed by atoms with Gasteiger partial charge in [0.15, 0.2) is 0 Å². The van der Waals surface area contributed by atoms with Crippen LogP contribution in [0.3, 0.4) is 0 Å². The molecule has 0 spiro atoms. The van der Waals surface area contributed by atoms with Crippen molar-refractivity contribution in [1.82, 2.24) is 0 Å². The molecule has 2 N–H and O–H groups in total. The molecule has 0 atom stereocenters. The zero-order valence-electron chi connectivity index (χ0n) is 11.5. The molecule has 0 aliphatic carbocycles. The topological polar surface area (TPSA) is 44.5 Å². The van der Waals surface area contributed by atoms with E-state index in [-0.39, 0.29) is 6.10 Å². The minimum atomic E-state index is 0.105. The molecule has 2 rings (SSSR count). The van der Waals surface area contributed by atoms with E-state index in [0.717, 1.165) is 17.1 Å². The SMILES string of the molecule is Cc1ccccc1Oc1cc(N)cc(OC(C)C)c1. The van der Waals surface area contributed by atoms with Gasteiger partial charge in [-0.15, -0.1) is 0 Å². The molecule has 0 fully saturated rings. The Hall–Kier alpha value is -2.16. The predicted molar refractivity (Wildman–Crippen MR) is 77.9 cm³/mol. The number of anilines is 1. The van der Waals surface area contributed by atoms with Crippen LogP contribution in [0.4, 0.5) is 5.69 Å². The highest BCUT2D eigenvalue weighted by Crippen LogP contribution is 2.30. The van der Waals surface area contributed by atoms with Gasteiger partial charge in [-0.3, -0.25) is 0 Å². The Morgan fingerprint density at radius 2 is 1.68 bits per heavy atom. The van der Waals surface area contributed by atoms with Crippen molar-refractivity contribution in [3.63, 3.8) is 0 Å². The molecular formula is C16H19NO2. The number of aryl methyl sites for hydroxylation is 1. The Labute approximate surface area is 114 Å². The first-order valence-electron chi connectivity index (χ1n) is 6.35. The maximum Gasteiger partial charge on any atom is 0.133 e. The molecule has 100 valence electrons. The van der Waals surface area contributed by atoms with Crippen LogP contribution < -0.4 is 15.2 Å². The molecule has 0 unspecified atom stereocenters. The van der Waals surface area contributed by atoms with Gasteiger partial charge in [0.2, 0.25) is 0 Å². The number of ether oxygens (including phenoxy) is 2. The molecule has 0 amide bonds. The van der Waals surface area contributed by atoms with Gasteiger partial charge in [0.25, 0.3) is 0 Å². The highest BCUT2D eigenvalue weighted by molar-refractivity contribution is 5.51. The lowest BCUT2D eigenvalue weighted by atomic mass is 10.2. The Balaban J connectivity index is 2.25. The summed E-state index contributed by atoms with van der Waals surface area (Å²) in [5.41, 5.74) is 7.57. The van der Waals surface area contributed by atoms with Crippen molar-refractivity contribution in [2.75, 3.05) is 5.73 Å². The second-order valence-electron chi connectivity index (χ2n) is 4.77. The molecule has 0 saturated carbocycles. The monoisotopic (exact) mass is 257 g/mol. The summed E-state index contributed by atoms with van der Waals surface area (Å²) >= 11 is 0. The molecule has 0 aromatic heterocycles. The van der Waals surface area contributed by atoms with Crippen molar-refractivity contribution in [3.05, 3.63) is 48.0 Å². The lowest BCUT2D eigenvalue weighted by molar-refractivity contribution is 0.242. The van der Waals surface area contributed by atoms with Gasteiger partial charge in [0.1, 0.15) is 17.2 Å². The van der Waals surface area contributed by atoms with Gasteiger partial charge in [-0.2, -0.15) is 0 Å². The van der Waals surface area contributed by atoms with E-state index in [4.69, 9.17) is 15.2 Å². The Bertz CT molecular complexity index is 564. The fraction of sp³-hybridized carbons (Fsp3) is 0.250. The maximum atomic E-state index is 5.87. The number of benzene rings is 2. The van der Waals surface area contributed by atoms with E-state index in [1.807, 2.05) is 51.1 Å². The smallest absolute Gasteiger partial charge is 0.133 e. The van der Waals surface area contributed by atoms with Gasteiger partial charge < -0.3 is 15.2 Å². The second kappa shape index (κ2) is 5.65. The van der Waals surface area contributed by atoms with Crippen LogP contribution in [0.25, 0.3) is 0 Å². The minimum absolute atomic E-state index is 0.105. The summed E-state index contributed by atoms with van der Waals surface area (Å²) in [5, 5.41) is 0. The normalized spacial score (nSPS) is 10.5. The lowest BCUT2D eigenvalue weighted by Crippen LogP contribution is -2.06. The van der Waals surface area contributed by atoms with Gasteiger partial charge in [0, 0.05) is 23.9 Å². The van der Waals surface area contributed by atoms with E-state index in [0.29, 0.717) is 11.4 Å². The molecule has 0 aliphatic rings. The van der Waals surface area contributed by atoms with Gasteiger partial charge >= 0.3 is 0 Å². The number of nitrogen functional groups attached to an aromatic ring is 1. The quantitative estimate of drug-likeness (QED) is 0.836. The third-order valence-corrected chi connectivity index (χ3v) is 2.60. The molecular weight excluding hydrogens is 238 g/mol. The van der Waals surface area contributed by atoms with Gasteiger partial charge in [-0.1, -0.05) is 18.2 Å². The number of para-hydroxylation sites is 1. The molecule has 0 radical (unpaired) electrons. The zero-order chi connectivity index (χ0) is 13.8. The lowest BCUT2D eigenvalue weighted by Gasteiger charge is -2.13. The maximum absolute atomic E-state index is 5.87. The van der Waals surface area contributed by atoms with E-state index >= 15 is 0 Å². The predicted octanol–water partition coefficient (Wildman–Crippen LogP) is 4.16. The third-order valence-electron chi connectivity index (χ3n) is 2.60. The average Bonchev–Trinajstić information content (AvgIpc) is 2.30. The Morgan fingerprint density at radius 3 is 2.37 bits per heavy atom. The fourth-order valence-corrected chi connectivity index (χ4v) is 1.79. The summed E-state index contributed by atoms with van der Waals surface area (Å²) in [5.74, 6) is 2.23. The van der Waals surface area contributed by atoms with E-state index in [1.165, 1.54) is 0 Å². The fourth-order valence-electron chi connectivity index (χ4n) is 1.79. The largest absolute Gasteiger partial charge is 0.491 e. The zero-order valence-corrected chi connectivity index (χ0v) is 11.5. The van der Waals surface area contributed by atoms with Crippen LogP contribution in [-0.2, 0) is 0 Å². The highest BCUT2D eigenvalue weighted by Gasteiger charge is 2.05. The van der Waals surface area contributed by atoms with E-state index in [2.05, 4.69) is 0 Å². The first-order chi connectivity index (χ1) is 9.04. The molecule has 0 saturated heterocycles. The van der Waals surface area contributed by atoms with Crippen molar-refractivity contribution in [3.8, 4) is 17.2 Å². The standard InChI is InChI=1S/C16H19NO2/c1-11(2)18-14-8-13(17)9-15(10-14)19-16-7-5-4-6-12(16)3/h4-11H,17H2,1-3H3. The van der Waals surface area contributed by atoms with Crippen LogP contribution in [0, 0.1) is 6.92 Å². The summed E-state index contributed by atoms with van der Waals surface area (Å²) in [6.07, 6.45) is 0.105. The third kappa shape index (κ3) is 3.65. The summed E-state index contributed by atoms with van der Waals surface area (Å²) in [6, 6.07) is 13.3. The van der Waals surface area contributed by atoms with E-state index < -0.39 is 0 Å². The molecule has 0 aliphatic heterocycles. The summed E-state index contributed by atoms with van der Waals surface area (Å²) in [7, 11) is 0. The van der Waals surface area contributed by atoms with Crippen molar-refractivity contribution in [2.45, 2.75) is 26.9 Å². The van der Waals surface area contributed by atoms with Crippen LogP contribution in [-0.4, -0.2) is 6.10 Å². The number of hydrogen-bond acceptors (Lipinski definition) is 3. The van der Waals surface area contributed by atoms with E-state index in [9.17, 15) is 0 Å². The molecule has 0 bridgehead atoms. The van der Waals surface area contributed by atoms with Crippen molar-refractivity contribution < 1.29 is 9.47 Å². The van der Waals surface area contributed by atoms with E-state index in [1.54, 1.807) is 12.1 Å². The highest BCUT2D eigenvalue weighted by atomic mass is 16.5. The van der Waals surface area contributed by atoms with Crippen molar-refractivity contribution in [1.29, 1.82) is 0 Å². The average molecular weight is 257 g/mol. The molecule has 3 heteroatoms. The molecule has 19 heavy (non-hydrogen) atoms. The summed E-state index contributed by atoms with van der Waals surface area (Å²) in [4.78, 5) is 0. The first-order valence-corrected chi connectivity index (χ1v) is 6.35. The summed E-state index contributed by atoms with van der Waals surface area (Å²) in [6.45, 7) is 5.96. The second-order valence-corrected chi connectivity index (χ2v) is 4.77. The molecule has 2 aromatic carbocycles.